The quantitative estimate of drug-likeness (QED) is 0.827. The minimum Gasteiger partial charge on any atom is -0.349 e. The Morgan fingerprint density at radius 3 is 2.55 bits per heavy atom. The van der Waals surface area contributed by atoms with E-state index in [1.807, 2.05) is 30.3 Å². The maximum absolute atomic E-state index is 12.3. The molecule has 2 aromatic rings. The van der Waals surface area contributed by atoms with Crippen molar-refractivity contribution < 1.29 is 4.79 Å². The molecule has 0 fully saturated rings. The van der Waals surface area contributed by atoms with Crippen LogP contribution in [-0.4, -0.2) is 11.9 Å². The van der Waals surface area contributed by atoms with Gasteiger partial charge in [0.15, 0.2) is 0 Å². The van der Waals surface area contributed by atoms with Gasteiger partial charge in [0.1, 0.15) is 0 Å². The number of rotatable bonds is 5. The molecule has 0 saturated carbocycles. The number of hydrogen-bond donors (Lipinski definition) is 1. The second-order valence-corrected chi connectivity index (χ2v) is 5.99. The molecular formula is C17H20BrNO. The standard InChI is InChI=1S/C17H20BrNO/c1-3-5-16(4-2)19-17(20)14-7-6-13-11-15(18)9-8-12(13)10-14/h6-11,16H,3-5H2,1-2H3,(H,19,20). The Morgan fingerprint density at radius 1 is 1.15 bits per heavy atom. The van der Waals surface area contributed by atoms with Crippen LogP contribution in [0.4, 0.5) is 0 Å². The highest BCUT2D eigenvalue weighted by Crippen LogP contribution is 2.21. The lowest BCUT2D eigenvalue weighted by molar-refractivity contribution is 0.0934. The number of halogens is 1. The summed E-state index contributed by atoms with van der Waals surface area (Å²) in [7, 11) is 0. The minimum atomic E-state index is 0.0233. The van der Waals surface area contributed by atoms with Crippen LogP contribution >= 0.6 is 15.9 Å². The van der Waals surface area contributed by atoms with Gasteiger partial charge in [-0.3, -0.25) is 4.79 Å². The number of benzene rings is 2. The monoisotopic (exact) mass is 333 g/mol. The maximum Gasteiger partial charge on any atom is 0.251 e. The van der Waals surface area contributed by atoms with Gasteiger partial charge in [0.2, 0.25) is 0 Å². The van der Waals surface area contributed by atoms with Crippen LogP contribution in [0.15, 0.2) is 40.9 Å². The second-order valence-electron chi connectivity index (χ2n) is 5.07. The number of carbonyl (C=O) groups excluding carboxylic acids is 1. The molecule has 0 bridgehead atoms. The molecule has 0 aromatic heterocycles. The van der Waals surface area contributed by atoms with Crippen molar-refractivity contribution in [1.29, 1.82) is 0 Å². The number of hydrogen-bond acceptors (Lipinski definition) is 1. The van der Waals surface area contributed by atoms with Crippen LogP contribution in [0.25, 0.3) is 10.8 Å². The van der Waals surface area contributed by atoms with Crippen molar-refractivity contribution in [3.63, 3.8) is 0 Å². The van der Waals surface area contributed by atoms with E-state index in [4.69, 9.17) is 0 Å². The highest BCUT2D eigenvalue weighted by molar-refractivity contribution is 9.10. The van der Waals surface area contributed by atoms with E-state index in [0.29, 0.717) is 0 Å². The molecule has 1 amide bonds. The summed E-state index contributed by atoms with van der Waals surface area (Å²) in [5.41, 5.74) is 0.731. The van der Waals surface area contributed by atoms with E-state index in [9.17, 15) is 4.79 Å². The molecule has 2 rings (SSSR count). The van der Waals surface area contributed by atoms with Crippen LogP contribution in [0.5, 0.6) is 0 Å². The SMILES string of the molecule is CCCC(CC)NC(=O)c1ccc2cc(Br)ccc2c1. The Balaban J connectivity index is 2.20. The van der Waals surface area contributed by atoms with Gasteiger partial charge in [0, 0.05) is 16.1 Å². The van der Waals surface area contributed by atoms with Crippen LogP contribution in [0.2, 0.25) is 0 Å². The average molecular weight is 334 g/mol. The first-order valence-corrected chi connectivity index (χ1v) is 7.93. The lowest BCUT2D eigenvalue weighted by Gasteiger charge is -2.16. The van der Waals surface area contributed by atoms with Crippen LogP contribution in [0.3, 0.4) is 0 Å². The number of nitrogens with one attached hydrogen (secondary N) is 1. The van der Waals surface area contributed by atoms with E-state index in [-0.39, 0.29) is 11.9 Å². The summed E-state index contributed by atoms with van der Waals surface area (Å²) >= 11 is 3.46. The summed E-state index contributed by atoms with van der Waals surface area (Å²) in [6.07, 6.45) is 3.09. The van der Waals surface area contributed by atoms with Crippen molar-refractivity contribution in [2.45, 2.75) is 39.2 Å². The fourth-order valence-electron chi connectivity index (χ4n) is 2.35. The van der Waals surface area contributed by atoms with Gasteiger partial charge >= 0.3 is 0 Å². The maximum atomic E-state index is 12.3. The first-order chi connectivity index (χ1) is 9.63. The number of carbonyl (C=O) groups is 1. The molecule has 3 heteroatoms. The summed E-state index contributed by atoms with van der Waals surface area (Å²) in [6.45, 7) is 4.25. The van der Waals surface area contributed by atoms with E-state index in [1.54, 1.807) is 0 Å². The van der Waals surface area contributed by atoms with Crippen LogP contribution in [-0.2, 0) is 0 Å². The van der Waals surface area contributed by atoms with Gasteiger partial charge in [0.25, 0.3) is 5.91 Å². The molecule has 2 nitrogen and oxygen atoms in total. The van der Waals surface area contributed by atoms with Crippen molar-refractivity contribution >= 4 is 32.6 Å². The molecule has 0 aliphatic heterocycles. The molecule has 1 atom stereocenters. The van der Waals surface area contributed by atoms with Crippen molar-refractivity contribution in [3.05, 3.63) is 46.4 Å². The zero-order valence-corrected chi connectivity index (χ0v) is 13.5. The molecule has 2 aromatic carbocycles. The first-order valence-electron chi connectivity index (χ1n) is 7.14. The summed E-state index contributed by atoms with van der Waals surface area (Å²) in [6, 6.07) is 12.2. The van der Waals surface area contributed by atoms with Crippen molar-refractivity contribution in [2.24, 2.45) is 0 Å². The Morgan fingerprint density at radius 2 is 1.85 bits per heavy atom. The highest BCUT2D eigenvalue weighted by atomic mass is 79.9. The van der Waals surface area contributed by atoms with E-state index in [2.05, 4.69) is 41.2 Å². The smallest absolute Gasteiger partial charge is 0.251 e. The summed E-state index contributed by atoms with van der Waals surface area (Å²) in [4.78, 5) is 12.3. The Labute approximate surface area is 128 Å². The van der Waals surface area contributed by atoms with Crippen LogP contribution in [0, 0.1) is 0 Å². The van der Waals surface area contributed by atoms with Crippen molar-refractivity contribution in [1.82, 2.24) is 5.32 Å². The second kappa shape index (κ2) is 6.89. The van der Waals surface area contributed by atoms with Gasteiger partial charge in [-0.25, -0.2) is 0 Å². The molecule has 20 heavy (non-hydrogen) atoms. The Hall–Kier alpha value is -1.35. The molecule has 0 aliphatic rings. The first kappa shape index (κ1) is 15.0. The molecule has 0 aliphatic carbocycles. The molecule has 1 N–H and O–H groups in total. The third kappa shape index (κ3) is 3.60. The molecule has 0 spiro atoms. The molecule has 0 radical (unpaired) electrons. The Kier molecular flexibility index (Phi) is 5.18. The van der Waals surface area contributed by atoms with E-state index in [1.165, 1.54) is 0 Å². The van der Waals surface area contributed by atoms with E-state index < -0.39 is 0 Å². The summed E-state index contributed by atoms with van der Waals surface area (Å²) in [5, 5.41) is 5.33. The Bertz CT molecular complexity index is 609. The van der Waals surface area contributed by atoms with Crippen molar-refractivity contribution in [3.8, 4) is 0 Å². The van der Waals surface area contributed by atoms with Crippen LogP contribution < -0.4 is 5.32 Å². The lowest BCUT2D eigenvalue weighted by Crippen LogP contribution is -2.34. The fraction of sp³-hybridized carbons (Fsp3) is 0.353. The molecular weight excluding hydrogens is 314 g/mol. The summed E-state index contributed by atoms with van der Waals surface area (Å²) in [5.74, 6) is 0.0233. The van der Waals surface area contributed by atoms with Gasteiger partial charge in [-0.1, -0.05) is 48.3 Å². The third-order valence-corrected chi connectivity index (χ3v) is 4.02. The molecule has 106 valence electrons. The zero-order valence-electron chi connectivity index (χ0n) is 11.9. The van der Waals surface area contributed by atoms with E-state index >= 15 is 0 Å². The number of fused-ring (bicyclic) bond motifs is 1. The summed E-state index contributed by atoms with van der Waals surface area (Å²) < 4.78 is 1.05. The predicted molar refractivity (Wildman–Crippen MR) is 88.1 cm³/mol. The van der Waals surface area contributed by atoms with Gasteiger partial charge < -0.3 is 5.32 Å². The third-order valence-electron chi connectivity index (χ3n) is 3.53. The van der Waals surface area contributed by atoms with Gasteiger partial charge in [-0.05, 0) is 47.9 Å². The highest BCUT2D eigenvalue weighted by Gasteiger charge is 2.11. The molecule has 1 unspecified atom stereocenters. The van der Waals surface area contributed by atoms with Gasteiger partial charge in [-0.2, -0.15) is 0 Å². The predicted octanol–water partition coefficient (Wildman–Crippen LogP) is 4.91. The van der Waals surface area contributed by atoms with Crippen molar-refractivity contribution in [2.75, 3.05) is 0 Å². The van der Waals surface area contributed by atoms with Gasteiger partial charge in [-0.15, -0.1) is 0 Å². The van der Waals surface area contributed by atoms with Crippen LogP contribution in [0.1, 0.15) is 43.5 Å². The average Bonchev–Trinajstić information content (AvgIpc) is 2.46. The fourth-order valence-corrected chi connectivity index (χ4v) is 2.73. The molecule has 0 heterocycles. The molecule has 0 saturated heterocycles. The topological polar surface area (TPSA) is 29.1 Å². The lowest BCUT2D eigenvalue weighted by atomic mass is 10.1. The normalized spacial score (nSPS) is 12.3. The van der Waals surface area contributed by atoms with Gasteiger partial charge in [0.05, 0.1) is 0 Å². The number of amides is 1. The van der Waals surface area contributed by atoms with E-state index in [0.717, 1.165) is 40.1 Å². The largest absolute Gasteiger partial charge is 0.349 e. The minimum absolute atomic E-state index is 0.0233. The zero-order chi connectivity index (χ0) is 14.5.